The number of hydrogen-bond donors (Lipinski definition) is 0. The first-order chi connectivity index (χ1) is 8.56. The highest BCUT2D eigenvalue weighted by Gasteiger charge is 2.32. The first-order valence-corrected chi connectivity index (χ1v) is 8.08. The van der Waals surface area contributed by atoms with Crippen LogP contribution in [0, 0.1) is 5.92 Å². The van der Waals surface area contributed by atoms with Crippen LogP contribution in [-0.4, -0.2) is 24.1 Å². The topological polar surface area (TPSA) is 37.4 Å². The molecule has 0 spiro atoms. The number of alkyl halides is 1. The number of rotatable bonds is 3. The Bertz CT molecular complexity index is 504. The second-order valence-corrected chi connectivity index (χ2v) is 6.59. The van der Waals surface area contributed by atoms with Crippen LogP contribution >= 0.6 is 47.8 Å². The van der Waals surface area contributed by atoms with Crippen LogP contribution in [0.2, 0.25) is 0 Å². The molecule has 96 valence electrons. The van der Waals surface area contributed by atoms with Crippen LogP contribution in [0.1, 0.15) is 16.8 Å². The number of carbonyl (C=O) groups excluding carboxylic acids is 2. The molecule has 0 radical (unpaired) electrons. The fraction of sp³-hybridized carbons (Fsp3) is 0.333. The van der Waals surface area contributed by atoms with Crippen LogP contribution in [0.25, 0.3) is 0 Å². The number of hydrogen-bond acceptors (Lipinski definition) is 2. The first kappa shape index (κ1) is 14.2. The van der Waals surface area contributed by atoms with Gasteiger partial charge in [0.25, 0.3) is 0 Å². The lowest BCUT2D eigenvalue weighted by Gasteiger charge is -2.20. The highest BCUT2D eigenvalue weighted by Crippen LogP contribution is 2.36. The van der Waals surface area contributed by atoms with E-state index in [1.54, 1.807) is 11.0 Å². The summed E-state index contributed by atoms with van der Waals surface area (Å²) in [6, 6.07) is 3.57. The van der Waals surface area contributed by atoms with Crippen molar-refractivity contribution < 1.29 is 9.59 Å². The number of carbonyl (C=O) groups is 2. The van der Waals surface area contributed by atoms with Gasteiger partial charge in [-0.3, -0.25) is 9.59 Å². The molecule has 18 heavy (non-hydrogen) atoms. The number of benzene rings is 1. The van der Waals surface area contributed by atoms with Gasteiger partial charge < -0.3 is 4.90 Å². The molecule has 0 aromatic heterocycles. The van der Waals surface area contributed by atoms with Gasteiger partial charge in [-0.05, 0) is 34.0 Å². The van der Waals surface area contributed by atoms with E-state index in [2.05, 4.69) is 47.8 Å². The van der Waals surface area contributed by atoms with E-state index >= 15 is 0 Å². The highest BCUT2D eigenvalue weighted by atomic mass is 79.9. The summed E-state index contributed by atoms with van der Waals surface area (Å²) in [4.78, 5) is 24.8. The van der Waals surface area contributed by atoms with E-state index in [1.807, 2.05) is 6.07 Å². The summed E-state index contributed by atoms with van der Waals surface area (Å²) >= 11 is 10.2. The maximum Gasteiger partial charge on any atom is 0.227 e. The minimum atomic E-state index is 0.0607. The van der Waals surface area contributed by atoms with E-state index in [0.717, 1.165) is 20.6 Å². The van der Waals surface area contributed by atoms with E-state index < -0.39 is 0 Å². The van der Waals surface area contributed by atoms with Crippen molar-refractivity contribution in [1.82, 2.24) is 0 Å². The van der Waals surface area contributed by atoms with Crippen molar-refractivity contribution in [3.05, 3.63) is 26.6 Å². The Kier molecular flexibility index (Phi) is 4.61. The second-order valence-electron chi connectivity index (χ2n) is 4.17. The third kappa shape index (κ3) is 2.70. The molecule has 0 bridgehead atoms. The minimum absolute atomic E-state index is 0.0607. The zero-order valence-electron chi connectivity index (χ0n) is 9.33. The van der Waals surface area contributed by atoms with Gasteiger partial charge in [-0.1, -0.05) is 31.9 Å². The number of halogens is 3. The molecule has 0 N–H and O–H groups in total. The van der Waals surface area contributed by atoms with Crippen LogP contribution in [-0.2, 0) is 4.79 Å². The number of nitrogens with zero attached hydrogens (tertiary/aromatic N) is 1. The molecule has 2 rings (SSSR count). The molecule has 1 saturated heterocycles. The Labute approximate surface area is 130 Å². The lowest BCUT2D eigenvalue weighted by molar-refractivity contribution is -0.117. The average Bonchev–Trinajstić information content (AvgIpc) is 2.69. The van der Waals surface area contributed by atoms with Crippen molar-refractivity contribution in [3.63, 3.8) is 0 Å². The summed E-state index contributed by atoms with van der Waals surface area (Å²) in [6.45, 7) is 0.644. The molecule has 1 unspecified atom stereocenters. The Balaban J connectivity index is 2.45. The molecule has 1 atom stereocenters. The average molecular weight is 440 g/mol. The zero-order chi connectivity index (χ0) is 13.3. The van der Waals surface area contributed by atoms with Gasteiger partial charge in [0.2, 0.25) is 5.91 Å². The molecule has 6 heteroatoms. The van der Waals surface area contributed by atoms with Gasteiger partial charge in [-0.2, -0.15) is 0 Å². The molecule has 0 aliphatic carbocycles. The maximum absolute atomic E-state index is 12.0. The van der Waals surface area contributed by atoms with E-state index in [9.17, 15) is 9.59 Å². The fourth-order valence-electron chi connectivity index (χ4n) is 2.06. The second kappa shape index (κ2) is 5.84. The lowest BCUT2D eigenvalue weighted by atomic mass is 10.1. The Morgan fingerprint density at radius 2 is 2.11 bits per heavy atom. The smallest absolute Gasteiger partial charge is 0.227 e. The summed E-state index contributed by atoms with van der Waals surface area (Å²) in [5.74, 6) is 0.359. The van der Waals surface area contributed by atoms with Crippen LogP contribution in [0.15, 0.2) is 21.1 Å². The molecule has 1 aromatic rings. The maximum atomic E-state index is 12.0. The quantitative estimate of drug-likeness (QED) is 0.531. The molecule has 1 heterocycles. The molecule has 1 aromatic carbocycles. The van der Waals surface area contributed by atoms with Crippen molar-refractivity contribution in [2.45, 2.75) is 6.42 Å². The molecular weight excluding hydrogens is 430 g/mol. The summed E-state index contributed by atoms with van der Waals surface area (Å²) in [5, 5.41) is 0.791. The predicted octanol–water partition coefficient (Wildman–Crippen LogP) is 3.77. The van der Waals surface area contributed by atoms with Gasteiger partial charge in [-0.15, -0.1) is 0 Å². The zero-order valence-corrected chi connectivity index (χ0v) is 14.1. The molecule has 1 aliphatic rings. The van der Waals surface area contributed by atoms with E-state index in [4.69, 9.17) is 0 Å². The van der Waals surface area contributed by atoms with Crippen molar-refractivity contribution in [1.29, 1.82) is 0 Å². The SMILES string of the molecule is O=Cc1cc(Br)cc(Br)c1N1CC(CBr)CC1=O. The van der Waals surface area contributed by atoms with Gasteiger partial charge >= 0.3 is 0 Å². The Hall–Kier alpha value is -0.200. The van der Waals surface area contributed by atoms with Gasteiger partial charge in [0, 0.05) is 32.8 Å². The Morgan fingerprint density at radius 1 is 1.39 bits per heavy atom. The number of amides is 1. The largest absolute Gasteiger partial charge is 0.310 e. The first-order valence-electron chi connectivity index (χ1n) is 5.37. The number of aldehydes is 1. The lowest BCUT2D eigenvalue weighted by Crippen LogP contribution is -2.26. The summed E-state index contributed by atoms with van der Waals surface area (Å²) in [6.07, 6.45) is 1.30. The van der Waals surface area contributed by atoms with Gasteiger partial charge in [0.15, 0.2) is 6.29 Å². The number of anilines is 1. The molecule has 3 nitrogen and oxygen atoms in total. The van der Waals surface area contributed by atoms with Crippen LogP contribution in [0.4, 0.5) is 5.69 Å². The van der Waals surface area contributed by atoms with Crippen molar-refractivity contribution >= 4 is 65.7 Å². The van der Waals surface area contributed by atoms with Gasteiger partial charge in [0.05, 0.1) is 5.69 Å². The molecule has 1 aliphatic heterocycles. The third-order valence-electron chi connectivity index (χ3n) is 2.88. The van der Waals surface area contributed by atoms with Crippen LogP contribution < -0.4 is 4.90 Å². The van der Waals surface area contributed by atoms with Crippen molar-refractivity contribution in [3.8, 4) is 0 Å². The molecule has 0 saturated carbocycles. The molecular formula is C12H10Br3NO2. The molecule has 1 fully saturated rings. The summed E-state index contributed by atoms with van der Waals surface area (Å²) in [7, 11) is 0. The van der Waals surface area contributed by atoms with Gasteiger partial charge in [0.1, 0.15) is 0 Å². The molecule has 1 amide bonds. The van der Waals surface area contributed by atoms with E-state index in [1.165, 1.54) is 0 Å². The van der Waals surface area contributed by atoms with E-state index in [-0.39, 0.29) is 5.91 Å². The fourth-order valence-corrected chi connectivity index (χ4v) is 3.97. The van der Waals surface area contributed by atoms with Crippen LogP contribution in [0.3, 0.4) is 0 Å². The third-order valence-corrected chi connectivity index (χ3v) is 4.86. The van der Waals surface area contributed by atoms with E-state index in [0.29, 0.717) is 30.1 Å². The summed E-state index contributed by atoms with van der Waals surface area (Å²) < 4.78 is 1.56. The Morgan fingerprint density at radius 3 is 2.67 bits per heavy atom. The van der Waals surface area contributed by atoms with Crippen LogP contribution in [0.5, 0.6) is 0 Å². The van der Waals surface area contributed by atoms with Crippen molar-refractivity contribution in [2.75, 3.05) is 16.8 Å². The monoisotopic (exact) mass is 437 g/mol. The summed E-state index contributed by atoms with van der Waals surface area (Å²) in [5.41, 5.74) is 1.18. The van der Waals surface area contributed by atoms with Crippen molar-refractivity contribution in [2.24, 2.45) is 5.92 Å². The normalized spacial score (nSPS) is 19.4. The predicted molar refractivity (Wildman–Crippen MR) is 81.5 cm³/mol. The minimum Gasteiger partial charge on any atom is -0.310 e. The standard InChI is InChI=1S/C12H10Br3NO2/c13-4-7-1-11(18)16(5-7)12-8(6-17)2-9(14)3-10(12)15/h2-3,6-7H,1,4-5H2. The highest BCUT2D eigenvalue weighted by molar-refractivity contribution is 9.11. The van der Waals surface area contributed by atoms with Gasteiger partial charge in [-0.25, -0.2) is 0 Å².